The molecule has 119 heavy (non-hydrogen) atoms. The molecule has 3 fully saturated rings. The Kier molecular flexibility index (Phi) is 67.0. The van der Waals surface area contributed by atoms with Crippen molar-refractivity contribution in [1.82, 2.24) is 0 Å². The van der Waals surface area contributed by atoms with Crippen molar-refractivity contribution < 1.29 is 122 Å². The molecule has 26 heteroatoms. The Morgan fingerprint density at radius 2 is 0.630 bits per heavy atom. The fourth-order valence-electron chi connectivity index (χ4n) is 16.1. The van der Waals surface area contributed by atoms with E-state index in [1.54, 1.807) is 0 Å². The van der Waals surface area contributed by atoms with Crippen LogP contribution in [0.1, 0.15) is 426 Å². The molecule has 0 spiro atoms. The number of carbonyl (C=O) groups excluding carboxylic acids is 4. The predicted octanol–water partition coefficient (Wildman–Crippen LogP) is 18.3. The summed E-state index contributed by atoms with van der Waals surface area (Å²) in [4.78, 5) is 66.5. The molecule has 25 nitrogen and oxygen atoms in total. The van der Waals surface area contributed by atoms with Gasteiger partial charge in [0.05, 0.1) is 13.2 Å². The molecule has 0 aromatic heterocycles. The standard InChI is InChI=1S/C93H173O25P/c1-5-9-13-17-21-25-29-33-36-39-43-46-50-54-58-62-66-77(96)110-72-75-81(100)83(102)87(106)93(114-75)117-90-88(115-79(98)68-64-60-56-52-47-41-32-28-24-20-16-12-8-4)84(103)85(104)89(116-92-86(105)82(101)80(99)74(69-94)113-92)91(90)118-119(107,108)111-71-73(70-109-76(95)65-61-57-53-49-45-42-38-35-31-27-23-19-15-11-7-3)112-78(97)67-63-59-55-51-48-44-40-37-34-30-26-22-18-14-10-6-2/h41,47,73-75,80-94,99-106H,5-40,42-46,48-72H2,1-4H3,(H,107,108)/b47-41-. The van der Waals surface area contributed by atoms with Crippen LogP contribution in [-0.4, -0.2) is 205 Å². The first-order valence-electron chi connectivity index (χ1n) is 48.4. The number of hydrogen-bond acceptors (Lipinski definition) is 24. The minimum atomic E-state index is -5.81. The molecule has 3 rings (SSSR count). The first-order chi connectivity index (χ1) is 57.7. The van der Waals surface area contributed by atoms with Crippen LogP contribution in [0.4, 0.5) is 0 Å². The van der Waals surface area contributed by atoms with E-state index in [4.69, 9.17) is 46.9 Å². The van der Waals surface area contributed by atoms with Crippen LogP contribution < -0.4 is 0 Å². The van der Waals surface area contributed by atoms with Crippen molar-refractivity contribution >= 4 is 31.7 Å². The summed E-state index contributed by atoms with van der Waals surface area (Å²) in [5.41, 5.74) is 0. The quantitative estimate of drug-likeness (QED) is 0.00889. The van der Waals surface area contributed by atoms with Crippen LogP contribution in [0.5, 0.6) is 0 Å². The summed E-state index contributed by atoms with van der Waals surface area (Å²) in [5.74, 6) is -2.96. The van der Waals surface area contributed by atoms with Crippen LogP contribution in [0.15, 0.2) is 12.2 Å². The Morgan fingerprint density at radius 1 is 0.328 bits per heavy atom. The number of phosphoric ester groups is 1. The van der Waals surface area contributed by atoms with Gasteiger partial charge in [0.25, 0.3) is 0 Å². The fourth-order valence-corrected chi connectivity index (χ4v) is 17.0. The van der Waals surface area contributed by atoms with Gasteiger partial charge in [-0.1, -0.05) is 361 Å². The van der Waals surface area contributed by atoms with Crippen molar-refractivity contribution in [2.75, 3.05) is 26.4 Å². The van der Waals surface area contributed by atoms with E-state index < -0.39 is 162 Å². The number of hydrogen-bond donors (Lipinski definition) is 10. The molecule has 3 aliphatic rings. The highest BCUT2D eigenvalue weighted by molar-refractivity contribution is 7.47. The summed E-state index contributed by atoms with van der Waals surface area (Å²) in [6, 6.07) is 0. The van der Waals surface area contributed by atoms with Crippen LogP contribution in [0, 0.1) is 0 Å². The summed E-state index contributed by atoms with van der Waals surface area (Å²) in [6.45, 7) is 5.62. The number of aliphatic hydroxyl groups excluding tert-OH is 9. The van der Waals surface area contributed by atoms with Gasteiger partial charge in [-0.15, -0.1) is 0 Å². The van der Waals surface area contributed by atoms with Gasteiger partial charge in [0.1, 0.15) is 92.6 Å². The molecular weight excluding hydrogens is 1550 g/mol. The molecule has 2 aliphatic heterocycles. The molecule has 0 amide bonds. The summed E-state index contributed by atoms with van der Waals surface area (Å²) in [6.07, 6.45) is 31.9. The average Bonchev–Trinajstić information content (AvgIpc) is 0.753. The summed E-state index contributed by atoms with van der Waals surface area (Å²) in [5, 5.41) is 102. The lowest BCUT2D eigenvalue weighted by molar-refractivity contribution is -0.360. The van der Waals surface area contributed by atoms with Crippen molar-refractivity contribution in [2.24, 2.45) is 0 Å². The Morgan fingerprint density at radius 3 is 1.01 bits per heavy atom. The zero-order valence-corrected chi connectivity index (χ0v) is 75.6. The number of phosphoric acid groups is 1. The lowest BCUT2D eigenvalue weighted by Gasteiger charge is -2.50. The van der Waals surface area contributed by atoms with E-state index in [0.29, 0.717) is 32.1 Å². The van der Waals surface area contributed by atoms with E-state index in [9.17, 15) is 74.6 Å². The molecule has 0 aromatic rings. The van der Waals surface area contributed by atoms with Gasteiger partial charge in [-0.05, 0) is 51.4 Å². The summed E-state index contributed by atoms with van der Waals surface area (Å²) >= 11 is 0. The third-order valence-corrected chi connectivity index (χ3v) is 24.8. The Hall–Kier alpha value is -2.79. The molecule has 10 N–H and O–H groups in total. The van der Waals surface area contributed by atoms with Crippen molar-refractivity contribution in [3.63, 3.8) is 0 Å². The molecule has 700 valence electrons. The largest absolute Gasteiger partial charge is 0.472 e. The number of aliphatic hydroxyl groups is 9. The van der Waals surface area contributed by atoms with E-state index >= 15 is 0 Å². The monoisotopic (exact) mass is 1720 g/mol. The second-order valence-electron chi connectivity index (χ2n) is 34.6. The van der Waals surface area contributed by atoms with Crippen LogP contribution >= 0.6 is 7.82 Å². The van der Waals surface area contributed by atoms with Crippen molar-refractivity contribution in [1.29, 1.82) is 0 Å². The smallest absolute Gasteiger partial charge is 0.463 e. The maximum Gasteiger partial charge on any atom is 0.472 e. The Bertz CT molecular complexity index is 2520. The third-order valence-electron chi connectivity index (χ3n) is 23.8. The van der Waals surface area contributed by atoms with Crippen LogP contribution in [0.2, 0.25) is 0 Å². The van der Waals surface area contributed by atoms with Gasteiger partial charge >= 0.3 is 31.7 Å². The van der Waals surface area contributed by atoms with Crippen LogP contribution in [0.3, 0.4) is 0 Å². The predicted molar refractivity (Wildman–Crippen MR) is 463 cm³/mol. The summed E-state index contributed by atoms with van der Waals surface area (Å²) < 4.78 is 73.5. The van der Waals surface area contributed by atoms with Crippen molar-refractivity contribution in [3.8, 4) is 0 Å². The number of rotatable bonds is 79. The molecule has 18 unspecified atom stereocenters. The number of ether oxygens (including phenoxy) is 8. The van der Waals surface area contributed by atoms with Crippen molar-refractivity contribution in [2.45, 2.75) is 530 Å². The normalized spacial score (nSPS) is 24.8. The molecule has 2 heterocycles. The molecule has 0 radical (unpaired) electrons. The van der Waals surface area contributed by atoms with Gasteiger partial charge in [-0.25, -0.2) is 4.57 Å². The number of allylic oxidation sites excluding steroid dienone is 2. The average molecular weight is 1720 g/mol. The first-order valence-corrected chi connectivity index (χ1v) is 49.9. The number of carbonyl (C=O) groups is 4. The van der Waals surface area contributed by atoms with E-state index in [1.807, 2.05) is 0 Å². The zero-order chi connectivity index (χ0) is 86.8. The maximum atomic E-state index is 14.9. The highest BCUT2D eigenvalue weighted by Gasteiger charge is 2.60. The topological polar surface area (TPSA) is 380 Å². The van der Waals surface area contributed by atoms with Crippen molar-refractivity contribution in [3.05, 3.63) is 12.2 Å². The second-order valence-corrected chi connectivity index (χ2v) is 36.0. The Balaban J connectivity index is 1.90. The van der Waals surface area contributed by atoms with Gasteiger partial charge in [-0.2, -0.15) is 0 Å². The van der Waals surface area contributed by atoms with Crippen LogP contribution in [0.25, 0.3) is 0 Å². The SMILES string of the molecule is CCCCCCCC/C=C\CCCCCC(=O)OC1C(O)C(O)C(OC2OC(CO)C(O)C(O)C2O)C(OP(=O)(O)OCC(COC(=O)CCCCCCCCCCCCCCCCC)OC(=O)CCCCCCCCCCCCCCCCCC)C1OC1OC(COC(=O)CCCCCCCCCCCCCCCCCC)C(O)C(O)C1O. The molecular formula is C93H173O25P. The first kappa shape index (κ1) is 110. The van der Waals surface area contributed by atoms with Gasteiger partial charge in [0, 0.05) is 25.7 Å². The molecule has 1 aliphatic carbocycles. The minimum absolute atomic E-state index is 0.0176. The summed E-state index contributed by atoms with van der Waals surface area (Å²) in [7, 11) is -5.81. The van der Waals surface area contributed by atoms with Gasteiger partial charge in [-0.3, -0.25) is 28.2 Å². The number of unbranched alkanes of at least 4 members (excludes halogenated alkanes) is 53. The van der Waals surface area contributed by atoms with E-state index in [-0.39, 0.29) is 32.1 Å². The maximum absolute atomic E-state index is 14.9. The molecule has 18 atom stereocenters. The van der Waals surface area contributed by atoms with Gasteiger partial charge in [0.15, 0.2) is 24.8 Å². The van der Waals surface area contributed by atoms with E-state index in [1.165, 1.54) is 212 Å². The van der Waals surface area contributed by atoms with E-state index in [0.717, 1.165) is 122 Å². The highest BCUT2D eigenvalue weighted by Crippen LogP contribution is 2.49. The van der Waals surface area contributed by atoms with Gasteiger partial charge in [0.2, 0.25) is 0 Å². The molecule has 0 aromatic carbocycles. The minimum Gasteiger partial charge on any atom is -0.463 e. The number of esters is 4. The lowest BCUT2D eigenvalue weighted by Crippen LogP contribution is -2.70. The lowest BCUT2D eigenvalue weighted by atomic mass is 9.84. The van der Waals surface area contributed by atoms with Crippen LogP contribution in [-0.2, 0) is 70.7 Å². The fraction of sp³-hybridized carbons (Fsp3) is 0.935. The van der Waals surface area contributed by atoms with E-state index in [2.05, 4.69) is 39.8 Å². The van der Waals surface area contributed by atoms with Gasteiger partial charge < -0.3 is 88.7 Å². The zero-order valence-electron chi connectivity index (χ0n) is 74.7. The molecule has 1 saturated carbocycles. The highest BCUT2D eigenvalue weighted by atomic mass is 31.2. The molecule has 2 saturated heterocycles. The molecule has 0 bridgehead atoms. The third kappa shape index (κ3) is 52.2. The second kappa shape index (κ2) is 72.3. The Labute approximate surface area is 718 Å².